The second kappa shape index (κ2) is 4.80. The number of likely N-dealkylation sites (N-methyl/N-ethyl adjacent to an activating group) is 1. The van der Waals surface area contributed by atoms with Crippen molar-refractivity contribution in [3.63, 3.8) is 0 Å². The molecule has 4 nitrogen and oxygen atoms in total. The van der Waals surface area contributed by atoms with Crippen molar-refractivity contribution in [3.05, 3.63) is 35.4 Å². The Kier molecular flexibility index (Phi) is 3.10. The zero-order chi connectivity index (χ0) is 15.4. The number of carbonyl (C=O) groups is 1. The molecule has 1 heterocycles. The molecule has 0 atom stereocenters. The number of piperazine rings is 1. The molecular formula is C18H25N3O. The topological polar surface area (TPSA) is 49.6 Å². The second-order valence-electron chi connectivity index (χ2n) is 7.41. The molecule has 0 unspecified atom stereocenters. The number of amides is 1. The maximum absolute atomic E-state index is 13.0. The highest BCUT2D eigenvalue weighted by atomic mass is 16.2. The first-order chi connectivity index (χ1) is 10.5. The first-order valence-corrected chi connectivity index (χ1v) is 8.41. The highest BCUT2D eigenvalue weighted by Gasteiger charge is 2.53. The number of hydrogen-bond acceptors (Lipinski definition) is 3. The van der Waals surface area contributed by atoms with Gasteiger partial charge in [-0.15, -0.1) is 0 Å². The fraction of sp³-hybridized carbons (Fsp3) is 0.611. The van der Waals surface area contributed by atoms with Crippen LogP contribution in [-0.2, 0) is 15.7 Å². The molecule has 1 saturated heterocycles. The van der Waals surface area contributed by atoms with Crippen LogP contribution in [0, 0.1) is 0 Å². The second-order valence-corrected chi connectivity index (χ2v) is 7.41. The van der Waals surface area contributed by atoms with Crippen molar-refractivity contribution in [1.29, 1.82) is 0 Å². The highest BCUT2D eigenvalue weighted by Crippen LogP contribution is 2.51. The van der Waals surface area contributed by atoms with Gasteiger partial charge in [-0.3, -0.25) is 4.79 Å². The number of nitrogens with two attached hydrogens (primary N) is 1. The molecule has 0 aromatic heterocycles. The zero-order valence-electron chi connectivity index (χ0n) is 13.3. The third kappa shape index (κ3) is 2.25. The van der Waals surface area contributed by atoms with Crippen molar-refractivity contribution in [2.24, 2.45) is 5.73 Å². The highest BCUT2D eigenvalue weighted by molar-refractivity contribution is 5.91. The molecule has 4 rings (SSSR count). The molecule has 0 bridgehead atoms. The summed E-state index contributed by atoms with van der Waals surface area (Å²) in [5, 5.41) is 0. The lowest BCUT2D eigenvalue weighted by molar-refractivity contribution is -0.135. The number of nitrogens with zero attached hydrogens (tertiary/aromatic N) is 2. The number of rotatable bonds is 3. The van der Waals surface area contributed by atoms with Gasteiger partial charge in [-0.2, -0.15) is 0 Å². The maximum Gasteiger partial charge on any atom is 0.233 e. The van der Waals surface area contributed by atoms with Gasteiger partial charge in [0.25, 0.3) is 0 Å². The normalized spacial score (nSPS) is 25.8. The van der Waals surface area contributed by atoms with Gasteiger partial charge in [0.1, 0.15) is 0 Å². The molecule has 118 valence electrons. The summed E-state index contributed by atoms with van der Waals surface area (Å²) in [4.78, 5) is 17.4. The summed E-state index contributed by atoms with van der Waals surface area (Å²) in [6.07, 6.45) is 4.10. The smallest absolute Gasteiger partial charge is 0.233 e. The molecule has 22 heavy (non-hydrogen) atoms. The van der Waals surface area contributed by atoms with Crippen LogP contribution in [0.3, 0.4) is 0 Å². The molecule has 1 aromatic carbocycles. The van der Waals surface area contributed by atoms with Crippen LogP contribution >= 0.6 is 0 Å². The van der Waals surface area contributed by atoms with E-state index >= 15 is 0 Å². The SMILES string of the molecule is CN1CCN(C(=O)C2(c3cccc(C4(N)CC4)c3)CC2)CC1. The van der Waals surface area contributed by atoms with Crippen molar-refractivity contribution >= 4 is 5.91 Å². The van der Waals surface area contributed by atoms with E-state index in [0.29, 0.717) is 5.91 Å². The summed E-state index contributed by atoms with van der Waals surface area (Å²) in [7, 11) is 2.12. The van der Waals surface area contributed by atoms with Crippen molar-refractivity contribution in [1.82, 2.24) is 9.80 Å². The van der Waals surface area contributed by atoms with E-state index in [2.05, 4.69) is 41.1 Å². The van der Waals surface area contributed by atoms with Gasteiger partial charge < -0.3 is 15.5 Å². The van der Waals surface area contributed by atoms with Gasteiger partial charge in [-0.05, 0) is 43.9 Å². The minimum absolute atomic E-state index is 0.122. The summed E-state index contributed by atoms with van der Waals surface area (Å²) in [6.45, 7) is 3.68. The fourth-order valence-corrected chi connectivity index (χ4v) is 3.61. The van der Waals surface area contributed by atoms with Gasteiger partial charge in [0.05, 0.1) is 5.41 Å². The van der Waals surface area contributed by atoms with E-state index < -0.39 is 0 Å². The maximum atomic E-state index is 13.0. The van der Waals surface area contributed by atoms with E-state index in [1.54, 1.807) is 0 Å². The molecule has 4 heteroatoms. The lowest BCUT2D eigenvalue weighted by Crippen LogP contribution is -2.50. The van der Waals surface area contributed by atoms with E-state index in [4.69, 9.17) is 5.73 Å². The quantitative estimate of drug-likeness (QED) is 0.919. The Morgan fingerprint density at radius 3 is 2.27 bits per heavy atom. The van der Waals surface area contributed by atoms with Gasteiger partial charge >= 0.3 is 0 Å². The molecule has 2 saturated carbocycles. The van der Waals surface area contributed by atoms with Gasteiger partial charge in [-0.1, -0.05) is 24.3 Å². The van der Waals surface area contributed by atoms with E-state index in [1.165, 1.54) is 11.1 Å². The first kappa shape index (κ1) is 14.2. The Hall–Kier alpha value is -1.39. The van der Waals surface area contributed by atoms with Crippen LogP contribution < -0.4 is 5.73 Å². The molecule has 2 aliphatic carbocycles. The summed E-state index contributed by atoms with van der Waals surface area (Å²) in [5.41, 5.74) is 8.36. The number of benzene rings is 1. The van der Waals surface area contributed by atoms with Crippen LogP contribution in [0.25, 0.3) is 0 Å². The van der Waals surface area contributed by atoms with E-state index in [1.807, 2.05) is 0 Å². The Balaban J connectivity index is 1.57. The Bertz CT molecular complexity index is 596. The average Bonchev–Trinajstić information content (AvgIpc) is 3.44. The van der Waals surface area contributed by atoms with E-state index in [9.17, 15) is 4.79 Å². The molecule has 3 aliphatic rings. The molecule has 1 aromatic rings. The van der Waals surface area contributed by atoms with Crippen LogP contribution in [0.15, 0.2) is 24.3 Å². The minimum atomic E-state index is -0.253. The molecule has 1 aliphatic heterocycles. The molecule has 3 fully saturated rings. The Labute approximate surface area is 132 Å². The van der Waals surface area contributed by atoms with E-state index in [0.717, 1.165) is 51.9 Å². The third-order valence-electron chi connectivity index (χ3n) is 5.73. The molecule has 0 spiro atoms. The molecular weight excluding hydrogens is 274 g/mol. The van der Waals surface area contributed by atoms with Crippen molar-refractivity contribution in [2.45, 2.75) is 36.6 Å². The Morgan fingerprint density at radius 2 is 1.68 bits per heavy atom. The lowest BCUT2D eigenvalue weighted by atomic mass is 9.90. The molecule has 1 amide bonds. The zero-order valence-corrected chi connectivity index (χ0v) is 13.3. The number of carbonyl (C=O) groups excluding carboxylic acids is 1. The first-order valence-electron chi connectivity index (χ1n) is 8.41. The summed E-state index contributed by atoms with van der Waals surface area (Å²) < 4.78 is 0. The van der Waals surface area contributed by atoms with Crippen LogP contribution in [-0.4, -0.2) is 48.9 Å². The predicted molar refractivity (Wildman–Crippen MR) is 86.5 cm³/mol. The van der Waals surface area contributed by atoms with Crippen LogP contribution in [0.1, 0.15) is 36.8 Å². The fourth-order valence-electron chi connectivity index (χ4n) is 3.61. The lowest BCUT2D eigenvalue weighted by Gasteiger charge is -2.35. The standard InChI is InChI=1S/C18H25N3O/c1-20-9-11-21(12-10-20)16(22)17(5-6-17)14-3-2-4-15(13-14)18(19)7-8-18/h2-4,13H,5-12,19H2,1H3. The van der Waals surface area contributed by atoms with Crippen LogP contribution in [0.2, 0.25) is 0 Å². The molecule has 0 radical (unpaired) electrons. The molecule has 2 N–H and O–H groups in total. The summed E-state index contributed by atoms with van der Waals surface area (Å²) in [6, 6.07) is 8.52. The van der Waals surface area contributed by atoms with Gasteiger partial charge in [0, 0.05) is 31.7 Å². The summed E-state index contributed by atoms with van der Waals surface area (Å²) in [5.74, 6) is 0.333. The van der Waals surface area contributed by atoms with E-state index in [-0.39, 0.29) is 11.0 Å². The summed E-state index contributed by atoms with van der Waals surface area (Å²) >= 11 is 0. The van der Waals surface area contributed by atoms with Crippen molar-refractivity contribution in [3.8, 4) is 0 Å². The Morgan fingerprint density at radius 1 is 1.05 bits per heavy atom. The average molecular weight is 299 g/mol. The van der Waals surface area contributed by atoms with Gasteiger partial charge in [0.2, 0.25) is 5.91 Å². The van der Waals surface area contributed by atoms with Crippen molar-refractivity contribution < 1.29 is 4.79 Å². The monoisotopic (exact) mass is 299 g/mol. The van der Waals surface area contributed by atoms with Crippen molar-refractivity contribution in [2.75, 3.05) is 33.2 Å². The van der Waals surface area contributed by atoms with Gasteiger partial charge in [0.15, 0.2) is 0 Å². The minimum Gasteiger partial charge on any atom is -0.339 e. The predicted octanol–water partition coefficient (Wildman–Crippen LogP) is 1.44. The third-order valence-corrected chi connectivity index (χ3v) is 5.73. The van der Waals surface area contributed by atoms with Crippen LogP contribution in [0.4, 0.5) is 0 Å². The largest absolute Gasteiger partial charge is 0.339 e. The van der Waals surface area contributed by atoms with Crippen LogP contribution in [0.5, 0.6) is 0 Å². The van der Waals surface area contributed by atoms with Gasteiger partial charge in [-0.25, -0.2) is 0 Å². The number of hydrogen-bond donors (Lipinski definition) is 1.